The lowest BCUT2D eigenvalue weighted by atomic mass is 10.1. The third-order valence-electron chi connectivity index (χ3n) is 4.87. The van der Waals surface area contributed by atoms with Gasteiger partial charge in [0, 0.05) is 23.1 Å². The molecule has 0 amide bonds. The second-order valence-corrected chi connectivity index (χ2v) is 7.84. The molecule has 2 aliphatic rings. The topological polar surface area (TPSA) is 36.5 Å². The Bertz CT molecular complexity index is 693. The van der Waals surface area contributed by atoms with Crippen LogP contribution in [0, 0.1) is 0 Å². The molecule has 144 valence electrons. The minimum atomic E-state index is -4.42. The third kappa shape index (κ3) is 4.13. The van der Waals surface area contributed by atoms with Crippen LogP contribution in [0.2, 0.25) is 0 Å². The van der Waals surface area contributed by atoms with Crippen LogP contribution in [0.3, 0.4) is 0 Å². The van der Waals surface area contributed by atoms with Crippen LogP contribution in [0.15, 0.2) is 23.1 Å². The first-order valence-electron chi connectivity index (χ1n) is 8.66. The van der Waals surface area contributed by atoms with Gasteiger partial charge in [-0.05, 0) is 51.6 Å². The monoisotopic (exact) mass is 387 g/mol. The first kappa shape index (κ1) is 19.4. The predicted molar refractivity (Wildman–Crippen MR) is 98.8 cm³/mol. The number of benzene rings is 1. The highest BCUT2D eigenvalue weighted by atomic mass is 32.2. The van der Waals surface area contributed by atoms with E-state index in [2.05, 4.69) is 22.5 Å². The maximum absolute atomic E-state index is 13.3. The van der Waals surface area contributed by atoms with Crippen molar-refractivity contribution in [2.45, 2.75) is 37.5 Å². The summed E-state index contributed by atoms with van der Waals surface area (Å²) in [4.78, 5) is 3.44. The molecular weight excluding hydrogens is 363 g/mol. The van der Waals surface area contributed by atoms with E-state index in [4.69, 9.17) is 4.74 Å². The number of ether oxygens (including phenoxy) is 1. The molecule has 0 aromatic heterocycles. The second kappa shape index (κ2) is 7.70. The molecule has 0 spiro atoms. The van der Waals surface area contributed by atoms with Crippen LogP contribution in [-0.4, -0.2) is 43.7 Å². The smallest absolute Gasteiger partial charge is 0.416 e. The average molecular weight is 387 g/mol. The number of hydrogen-bond acceptors (Lipinski definition) is 5. The van der Waals surface area contributed by atoms with Gasteiger partial charge in [0.25, 0.3) is 0 Å². The van der Waals surface area contributed by atoms with E-state index in [1.165, 1.54) is 13.2 Å². The Balaban J connectivity index is 1.98. The zero-order valence-electron chi connectivity index (χ0n) is 15.1. The van der Waals surface area contributed by atoms with Crippen LogP contribution in [0.25, 0.3) is 5.70 Å². The van der Waals surface area contributed by atoms with Crippen molar-refractivity contribution in [3.05, 3.63) is 34.2 Å². The fraction of sp³-hybridized carbons (Fsp3) is 0.556. The summed E-state index contributed by atoms with van der Waals surface area (Å²) in [6.07, 6.45) is -2.09. The van der Waals surface area contributed by atoms with Gasteiger partial charge >= 0.3 is 6.18 Å². The van der Waals surface area contributed by atoms with Gasteiger partial charge in [0.2, 0.25) is 0 Å². The number of alkyl halides is 3. The molecule has 1 aromatic carbocycles. The zero-order valence-corrected chi connectivity index (χ0v) is 15.9. The van der Waals surface area contributed by atoms with E-state index in [0.717, 1.165) is 42.6 Å². The molecule has 2 heterocycles. The van der Waals surface area contributed by atoms with E-state index < -0.39 is 11.7 Å². The highest BCUT2D eigenvalue weighted by Crippen LogP contribution is 2.39. The molecule has 3 rings (SSSR count). The van der Waals surface area contributed by atoms with Crippen LogP contribution in [0.4, 0.5) is 13.2 Å². The lowest BCUT2D eigenvalue weighted by Gasteiger charge is -2.22. The van der Waals surface area contributed by atoms with Crippen molar-refractivity contribution < 1.29 is 17.9 Å². The van der Waals surface area contributed by atoms with Crippen LogP contribution in [-0.2, 0) is 6.18 Å². The van der Waals surface area contributed by atoms with Crippen molar-refractivity contribution >= 4 is 17.5 Å². The predicted octanol–water partition coefficient (Wildman–Crippen LogP) is 3.71. The molecule has 2 N–H and O–H groups in total. The minimum absolute atomic E-state index is 0.0570. The van der Waals surface area contributed by atoms with Crippen LogP contribution in [0.5, 0.6) is 5.75 Å². The van der Waals surface area contributed by atoms with E-state index in [-0.39, 0.29) is 11.2 Å². The van der Waals surface area contributed by atoms with Gasteiger partial charge in [-0.25, -0.2) is 0 Å². The highest BCUT2D eigenvalue weighted by molar-refractivity contribution is 8.04. The Morgan fingerprint density at radius 3 is 2.69 bits per heavy atom. The summed E-state index contributed by atoms with van der Waals surface area (Å²) in [5.41, 5.74) is 0.494. The van der Waals surface area contributed by atoms with E-state index in [1.54, 1.807) is 17.8 Å². The first-order chi connectivity index (χ1) is 12.3. The molecular formula is C18H24F3N3OS. The number of hydrogen-bond donors (Lipinski definition) is 2. The van der Waals surface area contributed by atoms with E-state index in [0.29, 0.717) is 11.6 Å². The molecule has 2 atom stereocenters. The Morgan fingerprint density at radius 2 is 2.12 bits per heavy atom. The van der Waals surface area contributed by atoms with Gasteiger partial charge in [0.1, 0.15) is 11.2 Å². The molecule has 2 aliphatic heterocycles. The van der Waals surface area contributed by atoms with Gasteiger partial charge in [-0.1, -0.05) is 11.8 Å². The number of nitrogens with zero attached hydrogens (tertiary/aromatic N) is 1. The van der Waals surface area contributed by atoms with Crippen molar-refractivity contribution in [3.8, 4) is 5.75 Å². The summed E-state index contributed by atoms with van der Waals surface area (Å²) in [6.45, 7) is 3.96. The molecule has 26 heavy (non-hydrogen) atoms. The van der Waals surface area contributed by atoms with Crippen molar-refractivity contribution in [3.63, 3.8) is 0 Å². The summed E-state index contributed by atoms with van der Waals surface area (Å²) in [7, 11) is 3.21. The second-order valence-electron chi connectivity index (χ2n) is 6.64. The Morgan fingerprint density at radius 1 is 1.35 bits per heavy atom. The van der Waals surface area contributed by atoms with Crippen molar-refractivity contribution in [1.29, 1.82) is 0 Å². The average Bonchev–Trinajstić information content (AvgIpc) is 3.20. The summed E-state index contributed by atoms with van der Waals surface area (Å²) < 4.78 is 44.9. The van der Waals surface area contributed by atoms with Gasteiger partial charge in [-0.15, -0.1) is 0 Å². The molecule has 2 unspecified atom stereocenters. The Hall–Kier alpha value is -1.38. The lowest BCUT2D eigenvalue weighted by molar-refractivity contribution is -0.137. The molecule has 0 saturated carbocycles. The molecule has 1 aromatic rings. The Labute approximate surface area is 156 Å². The molecule has 1 fully saturated rings. The van der Waals surface area contributed by atoms with Gasteiger partial charge < -0.3 is 10.1 Å². The summed E-state index contributed by atoms with van der Waals surface area (Å²) in [6, 6.07) is 4.37. The molecule has 0 bridgehead atoms. The Kier molecular flexibility index (Phi) is 5.74. The SMILES string of the molecule is CNC1NC(c2cc(OC)cc(C(F)(F)F)c2)=C(CN2CCCC2C)S1. The summed E-state index contributed by atoms with van der Waals surface area (Å²) in [5, 5.41) is 6.45. The van der Waals surface area contributed by atoms with Crippen molar-refractivity contribution in [1.82, 2.24) is 15.5 Å². The lowest BCUT2D eigenvalue weighted by Crippen LogP contribution is -2.32. The zero-order chi connectivity index (χ0) is 18.9. The van der Waals surface area contributed by atoms with E-state index in [9.17, 15) is 13.2 Å². The standard InChI is InChI=1S/C18H24F3N3OS/c1-11-5-4-6-24(11)10-15-16(23-17(22-2)26-15)12-7-13(18(19,20)21)9-14(8-12)25-3/h7-9,11,17,22-23H,4-6,10H2,1-3H3. The highest BCUT2D eigenvalue weighted by Gasteiger charge is 2.33. The largest absolute Gasteiger partial charge is 0.497 e. The van der Waals surface area contributed by atoms with E-state index in [1.807, 2.05) is 7.05 Å². The van der Waals surface area contributed by atoms with Crippen molar-refractivity contribution in [2.24, 2.45) is 0 Å². The van der Waals surface area contributed by atoms with Crippen LogP contribution in [0.1, 0.15) is 30.9 Å². The number of halogens is 3. The fourth-order valence-corrected chi connectivity index (χ4v) is 4.49. The maximum atomic E-state index is 13.3. The molecule has 8 heteroatoms. The van der Waals surface area contributed by atoms with E-state index >= 15 is 0 Å². The quantitative estimate of drug-likeness (QED) is 0.806. The minimum Gasteiger partial charge on any atom is -0.497 e. The number of nitrogens with one attached hydrogen (secondary N) is 2. The third-order valence-corrected chi connectivity index (χ3v) is 6.08. The molecule has 4 nitrogen and oxygen atoms in total. The number of likely N-dealkylation sites (tertiary alicyclic amines) is 1. The van der Waals surface area contributed by atoms with Crippen LogP contribution < -0.4 is 15.4 Å². The van der Waals surface area contributed by atoms with Gasteiger partial charge in [-0.2, -0.15) is 13.2 Å². The molecule has 0 radical (unpaired) electrons. The number of thioether (sulfide) groups is 1. The van der Waals surface area contributed by atoms with Crippen LogP contribution >= 0.6 is 11.8 Å². The van der Waals surface area contributed by atoms with Gasteiger partial charge in [0.05, 0.1) is 18.4 Å². The first-order valence-corrected chi connectivity index (χ1v) is 9.54. The fourth-order valence-electron chi connectivity index (χ4n) is 3.37. The van der Waals surface area contributed by atoms with Crippen molar-refractivity contribution in [2.75, 3.05) is 27.2 Å². The number of methoxy groups -OCH3 is 1. The molecule has 1 saturated heterocycles. The summed E-state index contributed by atoms with van der Waals surface area (Å²) >= 11 is 1.62. The summed E-state index contributed by atoms with van der Waals surface area (Å²) in [5.74, 6) is 0.205. The molecule has 0 aliphatic carbocycles. The van der Waals surface area contributed by atoms with Gasteiger partial charge in [-0.3, -0.25) is 10.2 Å². The normalized spacial score (nSPS) is 24.2. The number of rotatable bonds is 5. The van der Waals surface area contributed by atoms with Gasteiger partial charge in [0.15, 0.2) is 0 Å². The maximum Gasteiger partial charge on any atom is 0.416 e.